The molecule has 2 rings (SSSR count). The molecular weight excluding hydrogens is 248 g/mol. The number of carbonyl (C=O) groups excluding carboxylic acids is 1. The van der Waals surface area contributed by atoms with E-state index >= 15 is 0 Å². The Balaban J connectivity index is 2.26. The zero-order valence-corrected chi connectivity index (χ0v) is 11.5. The summed E-state index contributed by atoms with van der Waals surface area (Å²) in [5.41, 5.74) is 7.24. The van der Waals surface area contributed by atoms with E-state index in [1.54, 1.807) is 15.8 Å². The Morgan fingerprint density at radius 2 is 2.28 bits per heavy atom. The number of hydrogen-bond donors (Lipinski definition) is 1. The monoisotopic (exact) mass is 266 g/mol. The lowest BCUT2D eigenvalue weighted by Gasteiger charge is -2.35. The summed E-state index contributed by atoms with van der Waals surface area (Å²) < 4.78 is 1.70. The summed E-state index contributed by atoms with van der Waals surface area (Å²) >= 11 is 5.06. The maximum absolute atomic E-state index is 12.5. The van der Waals surface area contributed by atoms with Gasteiger partial charge in [0.15, 0.2) is 0 Å². The normalized spacial score (nSPS) is 19.9. The van der Waals surface area contributed by atoms with Gasteiger partial charge in [-0.1, -0.05) is 12.2 Å². The van der Waals surface area contributed by atoms with E-state index in [0.717, 1.165) is 31.5 Å². The molecule has 6 heteroatoms. The number of aromatic nitrogens is 2. The second-order valence-corrected chi connectivity index (χ2v) is 5.15. The molecule has 1 saturated heterocycles. The van der Waals surface area contributed by atoms with Crippen molar-refractivity contribution in [1.82, 2.24) is 14.7 Å². The van der Waals surface area contributed by atoms with Crippen LogP contribution in [0.1, 0.15) is 35.3 Å². The van der Waals surface area contributed by atoms with E-state index in [-0.39, 0.29) is 11.9 Å². The zero-order valence-electron chi connectivity index (χ0n) is 10.7. The minimum Gasteiger partial charge on any atom is -0.392 e. The number of aryl methyl sites for hydroxylation is 1. The molecule has 0 aromatic carbocycles. The molecule has 1 aromatic heterocycles. The molecule has 1 unspecified atom stereocenters. The molecule has 0 aliphatic carbocycles. The lowest BCUT2D eigenvalue weighted by atomic mass is 10.0. The van der Waals surface area contributed by atoms with Gasteiger partial charge in [0, 0.05) is 19.3 Å². The van der Waals surface area contributed by atoms with Crippen molar-refractivity contribution in [1.29, 1.82) is 0 Å². The van der Waals surface area contributed by atoms with Crippen LogP contribution < -0.4 is 5.73 Å². The molecule has 1 atom stereocenters. The van der Waals surface area contributed by atoms with Gasteiger partial charge in [0.05, 0.1) is 22.8 Å². The highest BCUT2D eigenvalue weighted by Crippen LogP contribution is 2.21. The third-order valence-corrected chi connectivity index (χ3v) is 3.83. The molecule has 0 bridgehead atoms. The molecule has 0 radical (unpaired) electrons. The van der Waals surface area contributed by atoms with Crippen LogP contribution in [0.15, 0.2) is 6.20 Å². The van der Waals surface area contributed by atoms with Crippen LogP contribution in [-0.4, -0.2) is 38.2 Å². The third kappa shape index (κ3) is 2.25. The summed E-state index contributed by atoms with van der Waals surface area (Å²) in [5.74, 6) is -0.0156. The van der Waals surface area contributed by atoms with E-state index in [4.69, 9.17) is 18.0 Å². The lowest BCUT2D eigenvalue weighted by molar-refractivity contribution is 0.0680. The zero-order chi connectivity index (χ0) is 13.3. The van der Waals surface area contributed by atoms with Crippen LogP contribution in [-0.2, 0) is 7.05 Å². The Bertz CT molecular complexity index is 482. The molecule has 1 amide bonds. The van der Waals surface area contributed by atoms with Crippen LogP contribution in [0.3, 0.4) is 0 Å². The van der Waals surface area contributed by atoms with Gasteiger partial charge in [-0.15, -0.1) is 0 Å². The Morgan fingerprint density at radius 1 is 1.56 bits per heavy atom. The van der Waals surface area contributed by atoms with Gasteiger partial charge in [-0.2, -0.15) is 5.10 Å². The molecule has 1 aliphatic rings. The molecule has 0 spiro atoms. The molecule has 1 fully saturated rings. The van der Waals surface area contributed by atoms with Gasteiger partial charge < -0.3 is 10.6 Å². The van der Waals surface area contributed by atoms with Crippen LogP contribution in [0.4, 0.5) is 0 Å². The first-order valence-corrected chi connectivity index (χ1v) is 6.52. The van der Waals surface area contributed by atoms with Crippen molar-refractivity contribution in [3.8, 4) is 0 Å². The van der Waals surface area contributed by atoms with E-state index in [1.807, 2.05) is 14.0 Å². The molecular formula is C12H18N4OS. The van der Waals surface area contributed by atoms with E-state index in [9.17, 15) is 4.79 Å². The highest BCUT2D eigenvalue weighted by atomic mass is 32.1. The predicted molar refractivity (Wildman–Crippen MR) is 73.4 cm³/mol. The van der Waals surface area contributed by atoms with E-state index < -0.39 is 0 Å². The molecule has 1 aromatic rings. The van der Waals surface area contributed by atoms with Crippen LogP contribution >= 0.6 is 12.2 Å². The average molecular weight is 266 g/mol. The maximum Gasteiger partial charge on any atom is 0.257 e. The van der Waals surface area contributed by atoms with E-state index in [0.29, 0.717) is 10.6 Å². The first kappa shape index (κ1) is 13.0. The van der Waals surface area contributed by atoms with Crippen LogP contribution in [0.25, 0.3) is 0 Å². The minimum atomic E-state index is -0.110. The summed E-state index contributed by atoms with van der Waals surface area (Å²) in [6, 6.07) is -0.110. The Labute approximate surface area is 112 Å². The van der Waals surface area contributed by atoms with Gasteiger partial charge in [0.2, 0.25) is 0 Å². The number of carbonyl (C=O) groups is 1. The SMILES string of the molecule is Cc1c(C(=O)N2CCCCC2C(N)=S)cnn1C. The van der Waals surface area contributed by atoms with Gasteiger partial charge in [0.25, 0.3) is 5.91 Å². The van der Waals surface area contributed by atoms with Crippen molar-refractivity contribution in [2.75, 3.05) is 6.54 Å². The number of amides is 1. The van der Waals surface area contributed by atoms with Gasteiger partial charge in [-0.05, 0) is 26.2 Å². The first-order valence-electron chi connectivity index (χ1n) is 6.11. The quantitative estimate of drug-likeness (QED) is 0.811. The molecule has 18 heavy (non-hydrogen) atoms. The van der Waals surface area contributed by atoms with Gasteiger partial charge in [0.1, 0.15) is 0 Å². The number of rotatable bonds is 2. The largest absolute Gasteiger partial charge is 0.392 e. The van der Waals surface area contributed by atoms with Gasteiger partial charge in [-0.3, -0.25) is 9.48 Å². The summed E-state index contributed by atoms with van der Waals surface area (Å²) in [5, 5.41) is 4.11. The van der Waals surface area contributed by atoms with Crippen molar-refractivity contribution < 1.29 is 4.79 Å². The maximum atomic E-state index is 12.5. The summed E-state index contributed by atoms with van der Waals surface area (Å²) in [7, 11) is 1.83. The fraction of sp³-hybridized carbons (Fsp3) is 0.583. The standard InChI is InChI=1S/C12H18N4OS/c1-8-9(7-14-15(8)2)12(17)16-6-4-3-5-10(16)11(13)18/h7,10H,3-6H2,1-2H3,(H2,13,18). The number of likely N-dealkylation sites (tertiary alicyclic amines) is 1. The second kappa shape index (κ2) is 5.06. The molecule has 2 N–H and O–H groups in total. The molecule has 5 nitrogen and oxygen atoms in total. The number of hydrogen-bond acceptors (Lipinski definition) is 3. The third-order valence-electron chi connectivity index (χ3n) is 3.56. The van der Waals surface area contributed by atoms with Crippen LogP contribution in [0.2, 0.25) is 0 Å². The van der Waals surface area contributed by atoms with Crippen molar-refractivity contribution in [2.45, 2.75) is 32.2 Å². The fourth-order valence-corrected chi connectivity index (χ4v) is 2.58. The van der Waals surface area contributed by atoms with Gasteiger partial charge in [-0.25, -0.2) is 0 Å². The van der Waals surface area contributed by atoms with Crippen molar-refractivity contribution in [2.24, 2.45) is 12.8 Å². The molecule has 1 aliphatic heterocycles. The number of nitrogens with zero attached hydrogens (tertiary/aromatic N) is 3. The van der Waals surface area contributed by atoms with Crippen LogP contribution in [0, 0.1) is 6.92 Å². The Morgan fingerprint density at radius 3 is 2.83 bits per heavy atom. The molecule has 98 valence electrons. The number of piperidine rings is 1. The first-order chi connectivity index (χ1) is 8.52. The van der Waals surface area contributed by atoms with Crippen molar-refractivity contribution in [3.63, 3.8) is 0 Å². The van der Waals surface area contributed by atoms with E-state index in [2.05, 4.69) is 5.10 Å². The number of thiocarbonyl (C=S) groups is 1. The average Bonchev–Trinajstić information content (AvgIpc) is 2.69. The highest BCUT2D eigenvalue weighted by molar-refractivity contribution is 7.80. The van der Waals surface area contributed by atoms with Crippen LogP contribution in [0.5, 0.6) is 0 Å². The second-order valence-electron chi connectivity index (χ2n) is 4.68. The molecule has 0 saturated carbocycles. The Kier molecular flexibility index (Phi) is 3.65. The van der Waals surface area contributed by atoms with Crippen molar-refractivity contribution in [3.05, 3.63) is 17.5 Å². The highest BCUT2D eigenvalue weighted by Gasteiger charge is 2.30. The summed E-state index contributed by atoms with van der Waals surface area (Å²) in [4.78, 5) is 14.7. The summed E-state index contributed by atoms with van der Waals surface area (Å²) in [6.45, 7) is 2.61. The fourth-order valence-electron chi connectivity index (χ4n) is 2.33. The molecule has 2 heterocycles. The van der Waals surface area contributed by atoms with Crippen molar-refractivity contribution >= 4 is 23.1 Å². The topological polar surface area (TPSA) is 64.2 Å². The minimum absolute atomic E-state index is 0.0156. The lowest BCUT2D eigenvalue weighted by Crippen LogP contribution is -2.49. The summed E-state index contributed by atoms with van der Waals surface area (Å²) in [6.07, 6.45) is 4.55. The predicted octanol–water partition coefficient (Wildman–Crippen LogP) is 1.01. The Hall–Kier alpha value is -1.43. The number of nitrogens with two attached hydrogens (primary N) is 1. The smallest absolute Gasteiger partial charge is 0.257 e. The van der Waals surface area contributed by atoms with E-state index in [1.165, 1.54) is 0 Å². The van der Waals surface area contributed by atoms with Gasteiger partial charge >= 0.3 is 0 Å².